The number of hydrazone groups is 1. The van der Waals surface area contributed by atoms with Gasteiger partial charge in [0.1, 0.15) is 23.9 Å². The van der Waals surface area contributed by atoms with Crippen LogP contribution < -0.4 is 5.43 Å². The van der Waals surface area contributed by atoms with Crippen molar-refractivity contribution < 1.29 is 17.9 Å². The Kier molecular flexibility index (Phi) is 5.75. The fourth-order valence-electron chi connectivity index (χ4n) is 4.39. The molecule has 1 aliphatic carbocycles. The van der Waals surface area contributed by atoms with Gasteiger partial charge in [-0.2, -0.15) is 18.3 Å². The number of rotatable bonds is 6. The number of ether oxygens (including phenoxy) is 1. The monoisotopic (exact) mass is 591 g/mol. The lowest BCUT2D eigenvalue weighted by Gasteiger charge is -2.24. The molecule has 2 aromatic heterocycles. The van der Waals surface area contributed by atoms with Gasteiger partial charge in [0.05, 0.1) is 17.3 Å². The Labute approximate surface area is 222 Å². The van der Waals surface area contributed by atoms with E-state index in [9.17, 15) is 13.2 Å². The second-order valence-electron chi connectivity index (χ2n) is 8.81. The van der Waals surface area contributed by atoms with E-state index in [1.807, 2.05) is 41.0 Å². The summed E-state index contributed by atoms with van der Waals surface area (Å²) in [6.45, 7) is 0.195. The van der Waals surface area contributed by atoms with E-state index in [1.165, 1.54) is 6.33 Å². The molecule has 3 heterocycles. The number of imidazole rings is 1. The van der Waals surface area contributed by atoms with Crippen LogP contribution in [0.15, 0.2) is 70.8 Å². The molecule has 1 unspecified atom stereocenters. The summed E-state index contributed by atoms with van der Waals surface area (Å²) in [4.78, 5) is 8.84. The summed E-state index contributed by atoms with van der Waals surface area (Å²) in [5.74, 6) is 0.449. The largest absolute Gasteiger partial charge is 0.449 e. The zero-order valence-electron chi connectivity index (χ0n) is 19.0. The average molecular weight is 593 g/mol. The Balaban J connectivity index is 1.51. The number of nitrogens with one attached hydrogen (secondary N) is 1. The topological polar surface area (TPSA) is 82.2 Å². The first kappa shape index (κ1) is 24.0. The van der Waals surface area contributed by atoms with E-state index < -0.39 is 17.8 Å². The van der Waals surface area contributed by atoms with Crippen LogP contribution in [0.3, 0.4) is 0 Å². The molecule has 1 fully saturated rings. The fourth-order valence-corrected chi connectivity index (χ4v) is 4.87. The maximum Gasteiger partial charge on any atom is 0.399 e. The first-order valence-corrected chi connectivity index (χ1v) is 12.5. The lowest BCUT2D eigenvalue weighted by Crippen LogP contribution is -2.42. The van der Waals surface area contributed by atoms with Crippen LogP contribution in [0.5, 0.6) is 0 Å². The van der Waals surface area contributed by atoms with Crippen molar-refractivity contribution in [1.82, 2.24) is 29.7 Å². The van der Waals surface area contributed by atoms with Gasteiger partial charge in [-0.15, -0.1) is 5.10 Å². The summed E-state index contributed by atoms with van der Waals surface area (Å²) in [7, 11) is 0. The molecule has 0 amide bonds. The summed E-state index contributed by atoms with van der Waals surface area (Å²) in [6.07, 6.45) is -2.86. The van der Waals surface area contributed by atoms with Crippen molar-refractivity contribution in [3.05, 3.63) is 82.1 Å². The zero-order valence-corrected chi connectivity index (χ0v) is 21.3. The van der Waals surface area contributed by atoms with Gasteiger partial charge in [-0.05, 0) is 49.2 Å². The van der Waals surface area contributed by atoms with Gasteiger partial charge in [-0.25, -0.2) is 14.6 Å². The minimum atomic E-state index is -4.42. The number of halogens is 5. The molecule has 2 aliphatic rings. The maximum absolute atomic E-state index is 13.8. The number of aromatic nitrogens is 5. The molecule has 37 heavy (non-hydrogen) atoms. The van der Waals surface area contributed by atoms with E-state index in [-0.39, 0.29) is 31.0 Å². The van der Waals surface area contributed by atoms with Crippen LogP contribution in [-0.4, -0.2) is 42.6 Å². The standard InChI is InChI=1S/C24H18BrClF3N7O/c25-14-5-7-15(8-6-14)36-18(11-35-13-30-12-31-35)19(32-20(36)16-3-1-2-4-17(16)26)21-33-34-22(37-21)23(9-10-23)24(27,28)29/h1-8,12-13,22,34H,9-11H2. The van der Waals surface area contributed by atoms with Gasteiger partial charge < -0.3 is 4.74 Å². The highest BCUT2D eigenvalue weighted by Gasteiger charge is 2.70. The molecule has 13 heteroatoms. The van der Waals surface area contributed by atoms with E-state index >= 15 is 0 Å². The van der Waals surface area contributed by atoms with Crippen molar-refractivity contribution in [2.75, 3.05) is 0 Å². The molecule has 0 bridgehead atoms. The normalized spacial score (nSPS) is 18.3. The molecule has 190 valence electrons. The van der Waals surface area contributed by atoms with Crippen molar-refractivity contribution in [2.45, 2.75) is 31.8 Å². The second-order valence-corrected chi connectivity index (χ2v) is 10.1. The summed E-state index contributed by atoms with van der Waals surface area (Å²) < 4.78 is 51.5. The highest BCUT2D eigenvalue weighted by molar-refractivity contribution is 9.10. The molecule has 1 aliphatic heterocycles. The predicted molar refractivity (Wildman–Crippen MR) is 133 cm³/mol. The third kappa shape index (κ3) is 4.17. The van der Waals surface area contributed by atoms with Crippen molar-refractivity contribution in [3.63, 3.8) is 0 Å². The number of benzene rings is 2. The molecular formula is C24H18BrClF3N7O. The highest BCUT2D eigenvalue weighted by Crippen LogP contribution is 2.60. The zero-order chi connectivity index (χ0) is 25.8. The summed E-state index contributed by atoms with van der Waals surface area (Å²) in [6, 6.07) is 14.8. The quantitative estimate of drug-likeness (QED) is 0.318. The van der Waals surface area contributed by atoms with Crippen LogP contribution in [0.2, 0.25) is 5.02 Å². The van der Waals surface area contributed by atoms with Gasteiger partial charge in [-0.3, -0.25) is 9.99 Å². The second kappa shape index (κ2) is 8.88. The van der Waals surface area contributed by atoms with Crippen LogP contribution in [0.1, 0.15) is 24.2 Å². The van der Waals surface area contributed by atoms with Crippen LogP contribution in [-0.2, 0) is 11.3 Å². The molecule has 1 atom stereocenters. The third-order valence-electron chi connectivity index (χ3n) is 6.52. The molecular weight excluding hydrogens is 575 g/mol. The summed E-state index contributed by atoms with van der Waals surface area (Å²) in [5, 5.41) is 8.83. The number of hydrogen-bond donors (Lipinski definition) is 1. The molecule has 2 aromatic carbocycles. The molecule has 0 radical (unpaired) electrons. The molecule has 4 aromatic rings. The summed E-state index contributed by atoms with van der Waals surface area (Å²) in [5.41, 5.74) is 2.84. The van der Waals surface area contributed by atoms with Gasteiger partial charge in [-0.1, -0.05) is 39.7 Å². The molecule has 8 nitrogen and oxygen atoms in total. The van der Waals surface area contributed by atoms with E-state index in [0.717, 1.165) is 10.2 Å². The smallest absolute Gasteiger partial charge is 0.399 e. The van der Waals surface area contributed by atoms with Crippen LogP contribution in [0.25, 0.3) is 17.1 Å². The molecule has 1 saturated carbocycles. The number of alkyl halides is 3. The summed E-state index contributed by atoms with van der Waals surface area (Å²) >= 11 is 10.0. The Morgan fingerprint density at radius 3 is 2.54 bits per heavy atom. The maximum atomic E-state index is 13.8. The Morgan fingerprint density at radius 2 is 1.89 bits per heavy atom. The number of hydrogen-bond acceptors (Lipinski definition) is 6. The highest BCUT2D eigenvalue weighted by atomic mass is 79.9. The predicted octanol–water partition coefficient (Wildman–Crippen LogP) is 5.55. The van der Waals surface area contributed by atoms with Gasteiger partial charge in [0, 0.05) is 15.7 Å². The number of nitrogens with zero attached hydrogens (tertiary/aromatic N) is 6. The van der Waals surface area contributed by atoms with Crippen LogP contribution in [0, 0.1) is 5.41 Å². The van der Waals surface area contributed by atoms with E-state index in [4.69, 9.17) is 21.3 Å². The molecule has 0 saturated heterocycles. The Hall–Kier alpha value is -3.38. The van der Waals surface area contributed by atoms with Gasteiger partial charge in [0.15, 0.2) is 5.69 Å². The van der Waals surface area contributed by atoms with Gasteiger partial charge >= 0.3 is 6.18 Å². The van der Waals surface area contributed by atoms with Crippen LogP contribution >= 0.6 is 27.5 Å². The molecule has 6 rings (SSSR count). The van der Waals surface area contributed by atoms with E-state index in [2.05, 4.69) is 36.5 Å². The first-order valence-electron chi connectivity index (χ1n) is 11.3. The fraction of sp³-hybridized carbons (Fsp3) is 0.250. The lowest BCUT2D eigenvalue weighted by atomic mass is 10.1. The van der Waals surface area contributed by atoms with Crippen LogP contribution in [0.4, 0.5) is 13.2 Å². The lowest BCUT2D eigenvalue weighted by molar-refractivity contribution is -0.213. The van der Waals surface area contributed by atoms with Gasteiger partial charge in [0.25, 0.3) is 5.90 Å². The van der Waals surface area contributed by atoms with Crippen molar-refractivity contribution >= 4 is 33.4 Å². The van der Waals surface area contributed by atoms with Crippen molar-refractivity contribution in [3.8, 4) is 17.1 Å². The first-order chi connectivity index (χ1) is 17.8. The van der Waals surface area contributed by atoms with Crippen molar-refractivity contribution in [2.24, 2.45) is 10.5 Å². The minimum Gasteiger partial charge on any atom is -0.449 e. The third-order valence-corrected chi connectivity index (χ3v) is 7.38. The Bertz CT molecular complexity index is 1480. The van der Waals surface area contributed by atoms with E-state index in [1.54, 1.807) is 23.1 Å². The van der Waals surface area contributed by atoms with E-state index in [0.29, 0.717) is 22.1 Å². The van der Waals surface area contributed by atoms with Crippen molar-refractivity contribution in [1.29, 1.82) is 0 Å². The average Bonchev–Trinajstić information content (AvgIpc) is 3.20. The minimum absolute atomic E-state index is 0.0268. The molecule has 1 N–H and O–H groups in total. The SMILES string of the molecule is FC(F)(F)C1(C2NN=C(c3nc(-c4ccccc4Cl)n(-c4ccc(Br)cc4)c3Cn3cncn3)O2)CC1. The Morgan fingerprint density at radius 1 is 1.14 bits per heavy atom. The van der Waals surface area contributed by atoms with Gasteiger partial charge in [0.2, 0.25) is 6.23 Å². The molecule has 0 spiro atoms.